The molecule has 3 N–H and O–H groups in total. The molecule has 3 aromatic rings. The average molecular weight is 268 g/mol. The van der Waals surface area contributed by atoms with Gasteiger partial charge in [-0.2, -0.15) is 0 Å². The van der Waals surface area contributed by atoms with Crippen molar-refractivity contribution in [3.05, 3.63) is 59.4 Å². The first kappa shape index (κ1) is 11.7. The summed E-state index contributed by atoms with van der Waals surface area (Å²) in [7, 11) is 0. The number of nitrogens with zero attached hydrogens (tertiary/aromatic N) is 2. The molecule has 0 amide bonds. The van der Waals surface area contributed by atoms with Gasteiger partial charge in [0, 0.05) is 5.39 Å². The SMILES string of the molecule is Nc1c2ccccc2nc(=S)n1Nc1ccccc1. The highest BCUT2D eigenvalue weighted by Gasteiger charge is 2.05. The molecule has 0 saturated carbocycles. The zero-order valence-electron chi connectivity index (χ0n) is 10.1. The van der Waals surface area contributed by atoms with Crippen molar-refractivity contribution in [2.24, 2.45) is 0 Å². The molecule has 4 nitrogen and oxygen atoms in total. The highest BCUT2D eigenvalue weighted by atomic mass is 32.1. The Hall–Kier alpha value is -2.40. The van der Waals surface area contributed by atoms with Gasteiger partial charge in [0.25, 0.3) is 0 Å². The van der Waals surface area contributed by atoms with Crippen molar-refractivity contribution in [2.75, 3.05) is 11.2 Å². The van der Waals surface area contributed by atoms with Crippen molar-refractivity contribution in [1.29, 1.82) is 0 Å². The molecule has 0 atom stereocenters. The Kier molecular flexibility index (Phi) is 2.89. The Morgan fingerprint density at radius 1 is 1.00 bits per heavy atom. The number of hydrogen-bond acceptors (Lipinski definition) is 4. The second-order valence-corrected chi connectivity index (χ2v) is 4.48. The van der Waals surface area contributed by atoms with E-state index >= 15 is 0 Å². The van der Waals surface area contributed by atoms with Gasteiger partial charge in [-0.3, -0.25) is 5.43 Å². The zero-order valence-corrected chi connectivity index (χ0v) is 10.9. The van der Waals surface area contributed by atoms with Crippen molar-refractivity contribution in [3.8, 4) is 0 Å². The van der Waals surface area contributed by atoms with E-state index in [2.05, 4.69) is 10.4 Å². The van der Waals surface area contributed by atoms with Gasteiger partial charge in [0.05, 0.1) is 11.2 Å². The maximum absolute atomic E-state index is 6.16. The Morgan fingerprint density at radius 3 is 2.47 bits per heavy atom. The van der Waals surface area contributed by atoms with Gasteiger partial charge in [0.15, 0.2) is 0 Å². The average Bonchev–Trinajstić information content (AvgIpc) is 2.45. The standard InChI is InChI=1S/C14H12N4S/c15-13-11-8-4-5-9-12(11)16-14(19)18(13)17-10-6-2-1-3-7-10/h1-9,17H,15H2. The summed E-state index contributed by atoms with van der Waals surface area (Å²) in [6.45, 7) is 0. The Morgan fingerprint density at radius 2 is 1.68 bits per heavy atom. The number of para-hydroxylation sites is 2. The van der Waals surface area contributed by atoms with Gasteiger partial charge in [0.1, 0.15) is 5.82 Å². The molecule has 0 radical (unpaired) electrons. The van der Waals surface area contributed by atoms with E-state index < -0.39 is 0 Å². The van der Waals surface area contributed by atoms with Crippen LogP contribution in [0.15, 0.2) is 54.6 Å². The van der Waals surface area contributed by atoms with Crippen LogP contribution >= 0.6 is 12.2 Å². The normalized spacial score (nSPS) is 10.5. The zero-order chi connectivity index (χ0) is 13.2. The summed E-state index contributed by atoms with van der Waals surface area (Å²) >= 11 is 5.28. The molecule has 19 heavy (non-hydrogen) atoms. The van der Waals surface area contributed by atoms with E-state index in [-0.39, 0.29) is 0 Å². The quantitative estimate of drug-likeness (QED) is 0.701. The number of anilines is 2. The van der Waals surface area contributed by atoms with Gasteiger partial charge in [-0.05, 0) is 36.5 Å². The summed E-state index contributed by atoms with van der Waals surface area (Å²) in [6.07, 6.45) is 0. The third-order valence-electron chi connectivity index (χ3n) is 2.84. The molecule has 1 aromatic heterocycles. The minimum Gasteiger partial charge on any atom is -0.383 e. The number of nitrogens with two attached hydrogens (primary N) is 1. The second kappa shape index (κ2) is 4.70. The predicted molar refractivity (Wildman–Crippen MR) is 80.4 cm³/mol. The van der Waals surface area contributed by atoms with Crippen LogP contribution in [0.1, 0.15) is 0 Å². The predicted octanol–water partition coefficient (Wildman–Crippen LogP) is 3.22. The van der Waals surface area contributed by atoms with E-state index in [0.29, 0.717) is 10.6 Å². The molecule has 0 unspecified atom stereocenters. The van der Waals surface area contributed by atoms with E-state index in [9.17, 15) is 0 Å². The fraction of sp³-hybridized carbons (Fsp3) is 0. The minimum atomic E-state index is 0.403. The lowest BCUT2D eigenvalue weighted by atomic mass is 10.2. The number of nitrogens with one attached hydrogen (secondary N) is 1. The van der Waals surface area contributed by atoms with Crippen LogP contribution in [0.25, 0.3) is 10.9 Å². The lowest BCUT2D eigenvalue weighted by Gasteiger charge is -2.14. The first-order chi connectivity index (χ1) is 9.25. The van der Waals surface area contributed by atoms with Crippen LogP contribution in [0.4, 0.5) is 11.5 Å². The molecule has 0 aliphatic rings. The molecule has 3 rings (SSSR count). The van der Waals surface area contributed by atoms with E-state index in [1.54, 1.807) is 4.68 Å². The van der Waals surface area contributed by atoms with Gasteiger partial charge in [-0.15, -0.1) is 0 Å². The first-order valence-corrected chi connectivity index (χ1v) is 6.26. The maximum atomic E-state index is 6.16. The minimum absolute atomic E-state index is 0.403. The van der Waals surface area contributed by atoms with Crippen molar-refractivity contribution in [2.45, 2.75) is 0 Å². The molecule has 0 saturated heterocycles. The number of hydrogen-bond donors (Lipinski definition) is 2. The number of aromatic nitrogens is 2. The van der Waals surface area contributed by atoms with Crippen molar-refractivity contribution >= 4 is 34.6 Å². The van der Waals surface area contributed by atoms with Gasteiger partial charge >= 0.3 is 0 Å². The summed E-state index contributed by atoms with van der Waals surface area (Å²) in [5, 5.41) is 0.875. The molecule has 5 heteroatoms. The molecular formula is C14H12N4S. The van der Waals surface area contributed by atoms with Crippen molar-refractivity contribution < 1.29 is 0 Å². The number of benzene rings is 2. The summed E-state index contributed by atoms with van der Waals surface area (Å²) in [5.41, 5.74) is 11.0. The van der Waals surface area contributed by atoms with Gasteiger partial charge < -0.3 is 5.73 Å². The molecule has 94 valence electrons. The van der Waals surface area contributed by atoms with Crippen LogP contribution in [-0.4, -0.2) is 9.66 Å². The molecule has 0 fully saturated rings. The molecule has 2 aromatic carbocycles. The molecule has 0 spiro atoms. The summed E-state index contributed by atoms with van der Waals surface area (Å²) < 4.78 is 2.02. The van der Waals surface area contributed by atoms with E-state index in [0.717, 1.165) is 16.6 Å². The van der Waals surface area contributed by atoms with Crippen LogP contribution in [0.5, 0.6) is 0 Å². The maximum Gasteiger partial charge on any atom is 0.221 e. The highest BCUT2D eigenvalue weighted by molar-refractivity contribution is 7.71. The van der Waals surface area contributed by atoms with Crippen LogP contribution in [0.2, 0.25) is 0 Å². The third-order valence-corrected chi connectivity index (χ3v) is 3.12. The molecular weight excluding hydrogens is 256 g/mol. The topological polar surface area (TPSA) is 55.9 Å². The van der Waals surface area contributed by atoms with Crippen LogP contribution in [0.3, 0.4) is 0 Å². The Labute approximate surface area is 115 Å². The third kappa shape index (κ3) is 2.15. The number of rotatable bonds is 2. The summed E-state index contributed by atoms with van der Waals surface area (Å²) in [6, 6.07) is 17.4. The Balaban J connectivity index is 2.16. The fourth-order valence-electron chi connectivity index (χ4n) is 1.91. The van der Waals surface area contributed by atoms with Crippen LogP contribution in [-0.2, 0) is 0 Å². The molecule has 1 heterocycles. The lowest BCUT2D eigenvalue weighted by molar-refractivity contribution is 0.910. The van der Waals surface area contributed by atoms with Crippen LogP contribution in [0, 0.1) is 4.77 Å². The first-order valence-electron chi connectivity index (χ1n) is 5.85. The number of fused-ring (bicyclic) bond motifs is 1. The summed E-state index contributed by atoms with van der Waals surface area (Å²) in [4.78, 5) is 4.37. The monoisotopic (exact) mass is 268 g/mol. The van der Waals surface area contributed by atoms with Gasteiger partial charge in [0.2, 0.25) is 4.77 Å². The largest absolute Gasteiger partial charge is 0.383 e. The van der Waals surface area contributed by atoms with Crippen molar-refractivity contribution in [3.63, 3.8) is 0 Å². The van der Waals surface area contributed by atoms with Gasteiger partial charge in [-0.25, -0.2) is 9.66 Å². The van der Waals surface area contributed by atoms with E-state index in [1.165, 1.54) is 0 Å². The second-order valence-electron chi connectivity index (χ2n) is 4.11. The van der Waals surface area contributed by atoms with E-state index in [1.807, 2.05) is 54.6 Å². The summed E-state index contributed by atoms with van der Waals surface area (Å²) in [5.74, 6) is 0.555. The number of nitrogen functional groups attached to an aromatic ring is 1. The van der Waals surface area contributed by atoms with E-state index in [4.69, 9.17) is 18.0 Å². The molecule has 0 aliphatic heterocycles. The Bertz CT molecular complexity index is 780. The fourth-order valence-corrected chi connectivity index (χ4v) is 2.16. The molecule has 0 bridgehead atoms. The lowest BCUT2D eigenvalue weighted by Crippen LogP contribution is -2.16. The van der Waals surface area contributed by atoms with Crippen LogP contribution < -0.4 is 11.2 Å². The highest BCUT2D eigenvalue weighted by Crippen LogP contribution is 2.19. The molecule has 0 aliphatic carbocycles. The smallest absolute Gasteiger partial charge is 0.221 e. The van der Waals surface area contributed by atoms with Crippen molar-refractivity contribution in [1.82, 2.24) is 9.66 Å². The van der Waals surface area contributed by atoms with Gasteiger partial charge in [-0.1, -0.05) is 30.3 Å².